The summed E-state index contributed by atoms with van der Waals surface area (Å²) in [6.45, 7) is 25.0. The first-order valence-electron chi connectivity index (χ1n) is 17.8. The van der Waals surface area contributed by atoms with Crippen molar-refractivity contribution in [2.75, 3.05) is 26.7 Å². The fourth-order valence-electron chi connectivity index (χ4n) is 5.36. The van der Waals surface area contributed by atoms with Gasteiger partial charge in [-0.25, -0.2) is 0 Å². The van der Waals surface area contributed by atoms with Crippen molar-refractivity contribution in [2.24, 2.45) is 12.8 Å². The lowest BCUT2D eigenvalue weighted by molar-refractivity contribution is 0.0144. The van der Waals surface area contributed by atoms with E-state index in [0.717, 1.165) is 65.0 Å². The minimum atomic E-state index is -0.425. The van der Waals surface area contributed by atoms with Crippen molar-refractivity contribution in [1.29, 1.82) is 0 Å². The first kappa shape index (κ1) is 42.2. The molecule has 9 nitrogen and oxygen atoms in total. The van der Waals surface area contributed by atoms with E-state index in [4.69, 9.17) is 19.9 Å². The monoisotopic (exact) mass is 690 g/mol. The highest BCUT2D eigenvalue weighted by Crippen LogP contribution is 2.42. The van der Waals surface area contributed by atoms with Crippen molar-refractivity contribution in [3.63, 3.8) is 0 Å². The molecule has 0 radical (unpaired) electrons. The molecule has 0 aliphatic heterocycles. The van der Waals surface area contributed by atoms with Gasteiger partial charge in [-0.2, -0.15) is 0 Å². The highest BCUT2D eigenvalue weighted by atomic mass is 16.5. The topological polar surface area (TPSA) is 121 Å². The third-order valence-corrected chi connectivity index (χ3v) is 8.32. The first-order chi connectivity index (χ1) is 23.5. The van der Waals surface area contributed by atoms with Crippen LogP contribution < -0.4 is 26.1 Å². The number of nitrogens with two attached hydrogens (primary N) is 1. The molecule has 9 heteroatoms. The molecule has 0 saturated carbocycles. The normalized spacial score (nSPS) is 12.0. The summed E-state index contributed by atoms with van der Waals surface area (Å²) in [5.74, 6) is 2.16. The zero-order chi connectivity index (χ0) is 37.8. The summed E-state index contributed by atoms with van der Waals surface area (Å²) in [7, 11) is 3.64. The number of aromatic nitrogens is 2. The van der Waals surface area contributed by atoms with Gasteiger partial charge in [0.15, 0.2) is 6.29 Å². The summed E-state index contributed by atoms with van der Waals surface area (Å²) in [6, 6.07) is 11.9. The highest BCUT2D eigenvalue weighted by molar-refractivity contribution is 5.99. The van der Waals surface area contributed by atoms with E-state index in [-0.39, 0.29) is 17.1 Å². The lowest BCUT2D eigenvalue weighted by Crippen LogP contribution is -2.30. The molecule has 2 aromatic heterocycles. The van der Waals surface area contributed by atoms with Crippen molar-refractivity contribution in [3.8, 4) is 28.4 Å². The summed E-state index contributed by atoms with van der Waals surface area (Å²) in [5, 5.41) is 3.60. The van der Waals surface area contributed by atoms with Crippen LogP contribution in [0.5, 0.6) is 17.2 Å². The number of benzene rings is 2. The zero-order valence-corrected chi connectivity index (χ0v) is 32.8. The number of aromatic amines is 1. The predicted octanol–water partition coefficient (Wildman–Crippen LogP) is 8.61. The van der Waals surface area contributed by atoms with E-state index in [2.05, 4.69) is 64.0 Å². The molecule has 0 fully saturated rings. The van der Waals surface area contributed by atoms with Gasteiger partial charge in [0.2, 0.25) is 0 Å². The first-order valence-corrected chi connectivity index (χ1v) is 17.8. The maximum Gasteiger partial charge on any atom is 0.274 e. The Hall–Kier alpha value is -3.92. The van der Waals surface area contributed by atoms with Crippen LogP contribution in [0.2, 0.25) is 0 Å². The maximum absolute atomic E-state index is 12.9. The van der Waals surface area contributed by atoms with E-state index in [0.29, 0.717) is 35.5 Å². The largest absolute Gasteiger partial charge is 0.488 e. The third-order valence-electron chi connectivity index (χ3n) is 8.32. The SMILES string of the molecule is CC.CCNC.Cc1cc(OC(C)(C)CCOC(C)CCN)cc(C)c1Oc1ccc(C(C)(C)C)cc1-c1cn(C)c(=O)c2[nH]c(C=O)cc12. The number of pyridine rings is 1. The second-order valence-corrected chi connectivity index (χ2v) is 14.1. The van der Waals surface area contributed by atoms with Gasteiger partial charge in [0.1, 0.15) is 28.4 Å². The molecule has 2 heterocycles. The average molecular weight is 691 g/mol. The van der Waals surface area contributed by atoms with Crippen molar-refractivity contribution < 1.29 is 19.0 Å². The van der Waals surface area contributed by atoms with Crippen LogP contribution in [-0.4, -0.2) is 54.3 Å². The quantitative estimate of drug-likeness (QED) is 0.120. The molecule has 1 unspecified atom stereocenters. The summed E-state index contributed by atoms with van der Waals surface area (Å²) in [5.41, 5.74) is 10.2. The molecule has 0 amide bonds. The molecule has 4 N–H and O–H groups in total. The van der Waals surface area contributed by atoms with Crippen LogP contribution in [0.25, 0.3) is 22.0 Å². The number of nitrogens with zero attached hydrogens (tertiary/aromatic N) is 1. The summed E-state index contributed by atoms with van der Waals surface area (Å²) < 4.78 is 20.5. The van der Waals surface area contributed by atoms with E-state index in [1.807, 2.05) is 59.9 Å². The van der Waals surface area contributed by atoms with Crippen LogP contribution in [0.3, 0.4) is 0 Å². The number of rotatable bonds is 13. The van der Waals surface area contributed by atoms with Crippen LogP contribution >= 0.6 is 0 Å². The van der Waals surface area contributed by atoms with Gasteiger partial charge in [-0.1, -0.05) is 47.6 Å². The minimum absolute atomic E-state index is 0.121. The Kier molecular flexibility index (Phi) is 16.0. The molecule has 0 saturated heterocycles. The van der Waals surface area contributed by atoms with Crippen LogP contribution in [0.15, 0.2) is 47.4 Å². The molecule has 0 aliphatic rings. The molecule has 0 aliphatic carbocycles. The van der Waals surface area contributed by atoms with Crippen LogP contribution in [0, 0.1) is 13.8 Å². The molecule has 50 heavy (non-hydrogen) atoms. The van der Waals surface area contributed by atoms with Gasteiger partial charge >= 0.3 is 0 Å². The van der Waals surface area contributed by atoms with Crippen LogP contribution in [0.4, 0.5) is 0 Å². The average Bonchev–Trinajstić information content (AvgIpc) is 3.50. The zero-order valence-electron chi connectivity index (χ0n) is 32.8. The summed E-state index contributed by atoms with van der Waals surface area (Å²) in [4.78, 5) is 27.5. The Morgan fingerprint density at radius 3 is 2.18 bits per heavy atom. The van der Waals surface area contributed by atoms with E-state index in [1.165, 1.54) is 4.57 Å². The Bertz CT molecular complexity index is 1720. The molecule has 0 bridgehead atoms. The van der Waals surface area contributed by atoms with Crippen molar-refractivity contribution in [1.82, 2.24) is 14.9 Å². The molecule has 4 rings (SSSR count). The van der Waals surface area contributed by atoms with Gasteiger partial charge in [0.25, 0.3) is 5.56 Å². The summed E-state index contributed by atoms with van der Waals surface area (Å²) in [6.07, 6.45) is 4.22. The second kappa shape index (κ2) is 18.9. The smallest absolute Gasteiger partial charge is 0.274 e. The number of H-pyrrole nitrogens is 1. The van der Waals surface area contributed by atoms with Crippen molar-refractivity contribution in [2.45, 2.75) is 106 Å². The van der Waals surface area contributed by atoms with Gasteiger partial charge in [0, 0.05) is 36.2 Å². The lowest BCUT2D eigenvalue weighted by atomic mass is 9.85. The van der Waals surface area contributed by atoms with E-state index in [9.17, 15) is 9.59 Å². The van der Waals surface area contributed by atoms with Crippen molar-refractivity contribution >= 4 is 17.2 Å². The predicted molar refractivity (Wildman–Crippen MR) is 208 cm³/mol. The molecule has 1 atom stereocenters. The number of nitrogens with one attached hydrogen (secondary N) is 2. The van der Waals surface area contributed by atoms with Crippen molar-refractivity contribution in [3.05, 3.63) is 75.3 Å². The number of aldehydes is 1. The fourth-order valence-corrected chi connectivity index (χ4v) is 5.36. The third kappa shape index (κ3) is 11.3. The molecule has 276 valence electrons. The molecule has 0 spiro atoms. The van der Waals surface area contributed by atoms with Gasteiger partial charge in [-0.05, 0) is 114 Å². The Labute approximate surface area is 299 Å². The minimum Gasteiger partial charge on any atom is -0.488 e. The number of hydrogen-bond donors (Lipinski definition) is 3. The number of aryl methyl sites for hydroxylation is 3. The number of carbonyl (C=O) groups is 1. The molecule has 4 aromatic rings. The fraction of sp³-hybridized carbons (Fsp3) is 0.512. The molecule has 2 aromatic carbocycles. The van der Waals surface area contributed by atoms with Crippen LogP contribution in [-0.2, 0) is 17.2 Å². The van der Waals surface area contributed by atoms with E-state index in [1.54, 1.807) is 19.3 Å². The Morgan fingerprint density at radius 2 is 1.64 bits per heavy atom. The standard InChI is InChI=1S/C36H47N3O5.C3H9N.C2H6/c1-22-16-27(44-36(7,8)13-15-42-24(3)12-14-37)17-23(2)33(22)43-31-11-10-25(35(4,5)6)18-28(31)30-20-39(9)34(41)32-29(30)19-26(21-40)38-32;1-3-4-2;1-2/h10-11,16-21,24,38H,12-15,37H2,1-9H3;4H,3H2,1-2H3;1-2H3. The second-order valence-electron chi connectivity index (χ2n) is 14.1. The lowest BCUT2D eigenvalue weighted by Gasteiger charge is -2.28. The van der Waals surface area contributed by atoms with Gasteiger partial charge < -0.3 is 34.8 Å². The maximum atomic E-state index is 12.9. The number of ether oxygens (including phenoxy) is 3. The number of carbonyl (C=O) groups excluding carboxylic acids is 1. The van der Waals surface area contributed by atoms with E-state index >= 15 is 0 Å². The number of hydrogen-bond acceptors (Lipinski definition) is 7. The molecular formula is C41H62N4O5. The molecular weight excluding hydrogens is 628 g/mol. The van der Waals surface area contributed by atoms with Gasteiger partial charge in [-0.15, -0.1) is 0 Å². The van der Waals surface area contributed by atoms with Gasteiger partial charge in [-0.3, -0.25) is 9.59 Å². The Morgan fingerprint density at radius 1 is 1.02 bits per heavy atom. The Balaban J connectivity index is 0.00000135. The number of fused-ring (bicyclic) bond motifs is 1. The van der Waals surface area contributed by atoms with Gasteiger partial charge in [0.05, 0.1) is 18.4 Å². The van der Waals surface area contributed by atoms with E-state index < -0.39 is 5.60 Å². The highest BCUT2D eigenvalue weighted by Gasteiger charge is 2.24. The van der Waals surface area contributed by atoms with Crippen LogP contribution in [0.1, 0.15) is 102 Å². The summed E-state index contributed by atoms with van der Waals surface area (Å²) >= 11 is 0.